The van der Waals surface area contributed by atoms with Crippen molar-refractivity contribution in [3.63, 3.8) is 0 Å². The molecular formula is C20H18FN3O2. The van der Waals surface area contributed by atoms with Crippen molar-refractivity contribution in [2.75, 3.05) is 17.7 Å². The fourth-order valence-corrected chi connectivity index (χ4v) is 2.31. The van der Waals surface area contributed by atoms with Crippen molar-refractivity contribution >= 4 is 17.4 Å². The van der Waals surface area contributed by atoms with Crippen molar-refractivity contribution in [3.05, 3.63) is 83.8 Å². The number of anilines is 2. The maximum Gasteiger partial charge on any atom is 0.255 e. The van der Waals surface area contributed by atoms with Gasteiger partial charge in [0, 0.05) is 12.1 Å². The van der Waals surface area contributed by atoms with Crippen molar-refractivity contribution in [1.29, 1.82) is 0 Å². The first-order chi connectivity index (χ1) is 12.6. The topological polar surface area (TPSA) is 63.2 Å². The number of hydrogen-bond donors (Lipinski definition) is 2. The number of ether oxygens (including phenoxy) is 1. The molecule has 1 amide bonds. The Bertz CT molecular complexity index is 863. The normalized spacial score (nSPS) is 10.2. The van der Waals surface area contributed by atoms with E-state index in [1.165, 1.54) is 12.1 Å². The van der Waals surface area contributed by atoms with Crippen LogP contribution in [0.1, 0.15) is 15.9 Å². The van der Waals surface area contributed by atoms with E-state index in [9.17, 15) is 9.18 Å². The molecule has 6 heteroatoms. The lowest BCUT2D eigenvalue weighted by Crippen LogP contribution is -2.12. The van der Waals surface area contributed by atoms with E-state index in [1.807, 2.05) is 0 Å². The van der Waals surface area contributed by atoms with Crippen LogP contribution in [0.5, 0.6) is 5.75 Å². The second kappa shape index (κ2) is 8.11. The first-order valence-electron chi connectivity index (χ1n) is 8.04. The molecule has 0 bridgehead atoms. The van der Waals surface area contributed by atoms with Crippen molar-refractivity contribution in [3.8, 4) is 5.75 Å². The Morgan fingerprint density at radius 3 is 2.38 bits per heavy atom. The molecule has 0 saturated carbocycles. The largest absolute Gasteiger partial charge is 0.497 e. The molecule has 5 nitrogen and oxygen atoms in total. The number of pyridine rings is 1. The van der Waals surface area contributed by atoms with Gasteiger partial charge >= 0.3 is 0 Å². The third-order valence-corrected chi connectivity index (χ3v) is 3.76. The van der Waals surface area contributed by atoms with Gasteiger partial charge in [0.25, 0.3) is 5.91 Å². The highest BCUT2D eigenvalue weighted by molar-refractivity contribution is 6.04. The highest BCUT2D eigenvalue weighted by Crippen LogP contribution is 2.15. The molecular weight excluding hydrogens is 333 g/mol. The third kappa shape index (κ3) is 4.57. The summed E-state index contributed by atoms with van der Waals surface area (Å²) in [6.07, 6.45) is 1.58. The summed E-state index contributed by atoms with van der Waals surface area (Å²) >= 11 is 0. The lowest BCUT2D eigenvalue weighted by Gasteiger charge is -2.08. The second-order valence-electron chi connectivity index (χ2n) is 5.59. The molecule has 0 saturated heterocycles. The van der Waals surface area contributed by atoms with Gasteiger partial charge in [-0.05, 0) is 54.1 Å². The number of nitrogens with one attached hydrogen (secondary N) is 2. The molecule has 26 heavy (non-hydrogen) atoms. The molecule has 0 spiro atoms. The molecule has 0 unspecified atom stereocenters. The first kappa shape index (κ1) is 17.4. The van der Waals surface area contributed by atoms with Gasteiger partial charge in [-0.2, -0.15) is 0 Å². The van der Waals surface area contributed by atoms with Crippen LogP contribution in [-0.2, 0) is 6.54 Å². The summed E-state index contributed by atoms with van der Waals surface area (Å²) in [6.45, 7) is 0.533. The second-order valence-corrected chi connectivity index (χ2v) is 5.59. The Hall–Kier alpha value is -3.41. The maximum absolute atomic E-state index is 12.9. The number of carbonyl (C=O) groups excluding carboxylic acids is 1. The highest BCUT2D eigenvalue weighted by Gasteiger charge is 2.06. The summed E-state index contributed by atoms with van der Waals surface area (Å²) in [4.78, 5) is 16.5. The fourth-order valence-electron chi connectivity index (χ4n) is 2.31. The fraction of sp³-hybridized carbons (Fsp3) is 0.100. The summed E-state index contributed by atoms with van der Waals surface area (Å²) in [5.41, 5.74) is 2.08. The van der Waals surface area contributed by atoms with Gasteiger partial charge in [-0.25, -0.2) is 9.37 Å². The van der Waals surface area contributed by atoms with E-state index in [0.29, 0.717) is 29.4 Å². The van der Waals surface area contributed by atoms with Crippen molar-refractivity contribution < 1.29 is 13.9 Å². The smallest absolute Gasteiger partial charge is 0.255 e. The van der Waals surface area contributed by atoms with Crippen LogP contribution in [0, 0.1) is 5.82 Å². The molecule has 0 aliphatic rings. The molecule has 0 aliphatic carbocycles. The Kier molecular flexibility index (Phi) is 5.43. The third-order valence-electron chi connectivity index (χ3n) is 3.76. The van der Waals surface area contributed by atoms with Crippen LogP contribution in [0.2, 0.25) is 0 Å². The van der Waals surface area contributed by atoms with Gasteiger partial charge in [0.05, 0.1) is 19.0 Å². The summed E-state index contributed by atoms with van der Waals surface area (Å²) < 4.78 is 18.0. The number of amides is 1. The van der Waals surface area contributed by atoms with Crippen LogP contribution in [0.15, 0.2) is 66.9 Å². The van der Waals surface area contributed by atoms with Gasteiger partial charge < -0.3 is 15.4 Å². The number of aromatic nitrogens is 1. The van der Waals surface area contributed by atoms with Crippen molar-refractivity contribution in [2.24, 2.45) is 0 Å². The molecule has 0 radical (unpaired) electrons. The van der Waals surface area contributed by atoms with E-state index in [2.05, 4.69) is 15.6 Å². The highest BCUT2D eigenvalue weighted by atomic mass is 19.1. The lowest BCUT2D eigenvalue weighted by molar-refractivity contribution is 0.102. The number of hydrogen-bond acceptors (Lipinski definition) is 4. The molecule has 0 fully saturated rings. The number of benzene rings is 2. The van der Waals surface area contributed by atoms with E-state index in [1.54, 1.807) is 61.8 Å². The summed E-state index contributed by atoms with van der Waals surface area (Å²) in [7, 11) is 1.58. The zero-order chi connectivity index (χ0) is 18.4. The van der Waals surface area contributed by atoms with Crippen LogP contribution < -0.4 is 15.4 Å². The first-order valence-corrected chi connectivity index (χ1v) is 8.04. The van der Waals surface area contributed by atoms with Crippen molar-refractivity contribution in [2.45, 2.75) is 6.54 Å². The molecule has 2 N–H and O–H groups in total. The van der Waals surface area contributed by atoms with E-state index >= 15 is 0 Å². The summed E-state index contributed by atoms with van der Waals surface area (Å²) in [5, 5.41) is 5.94. The van der Waals surface area contributed by atoms with E-state index in [4.69, 9.17) is 4.74 Å². The van der Waals surface area contributed by atoms with Crippen molar-refractivity contribution in [1.82, 2.24) is 4.98 Å². The van der Waals surface area contributed by atoms with E-state index < -0.39 is 0 Å². The molecule has 132 valence electrons. The van der Waals surface area contributed by atoms with Gasteiger partial charge in [0.2, 0.25) is 0 Å². The standard InChI is InChI=1S/C20H18FN3O2/c1-26-18-9-4-15(5-10-18)20(25)24-17-8-11-19(23-13-17)22-12-14-2-6-16(21)7-3-14/h2-11,13H,12H2,1H3,(H,22,23)(H,24,25). The van der Waals surface area contributed by atoms with Crippen LogP contribution in [0.25, 0.3) is 0 Å². The molecule has 0 atom stereocenters. The van der Waals surface area contributed by atoms with Gasteiger partial charge in [-0.1, -0.05) is 12.1 Å². The number of methoxy groups -OCH3 is 1. The monoisotopic (exact) mass is 351 g/mol. The Morgan fingerprint density at radius 1 is 1.04 bits per heavy atom. The molecule has 1 aromatic heterocycles. The molecule has 1 heterocycles. The van der Waals surface area contributed by atoms with Gasteiger partial charge in [0.1, 0.15) is 17.4 Å². The van der Waals surface area contributed by atoms with Gasteiger partial charge in [-0.3, -0.25) is 4.79 Å². The van der Waals surface area contributed by atoms with Gasteiger partial charge in [-0.15, -0.1) is 0 Å². The SMILES string of the molecule is COc1ccc(C(=O)Nc2ccc(NCc3ccc(F)cc3)nc2)cc1. The number of rotatable bonds is 6. The zero-order valence-electron chi connectivity index (χ0n) is 14.2. The average Bonchev–Trinajstić information content (AvgIpc) is 2.68. The Balaban J connectivity index is 1.56. The summed E-state index contributed by atoms with van der Waals surface area (Å²) in [6, 6.07) is 16.7. The van der Waals surface area contributed by atoms with E-state index in [0.717, 1.165) is 5.56 Å². The predicted octanol–water partition coefficient (Wildman–Crippen LogP) is 4.09. The average molecular weight is 351 g/mol. The number of halogens is 1. The predicted molar refractivity (Wildman–Crippen MR) is 98.9 cm³/mol. The lowest BCUT2D eigenvalue weighted by atomic mass is 10.2. The molecule has 3 aromatic rings. The minimum absolute atomic E-state index is 0.221. The van der Waals surface area contributed by atoms with Crippen LogP contribution in [0.3, 0.4) is 0 Å². The number of nitrogens with zero attached hydrogens (tertiary/aromatic N) is 1. The molecule has 0 aliphatic heterocycles. The number of carbonyl (C=O) groups is 1. The van der Waals surface area contributed by atoms with Crippen LogP contribution >= 0.6 is 0 Å². The summed E-state index contributed by atoms with van der Waals surface area (Å²) in [5.74, 6) is 0.877. The van der Waals surface area contributed by atoms with Gasteiger partial charge in [0.15, 0.2) is 0 Å². The quantitative estimate of drug-likeness (QED) is 0.702. The van der Waals surface area contributed by atoms with E-state index in [-0.39, 0.29) is 11.7 Å². The molecule has 2 aromatic carbocycles. The zero-order valence-corrected chi connectivity index (χ0v) is 14.2. The molecule has 3 rings (SSSR count). The Labute approximate surface area is 150 Å². The van der Waals surface area contributed by atoms with Crippen LogP contribution in [0.4, 0.5) is 15.9 Å². The Morgan fingerprint density at radius 2 is 1.77 bits per heavy atom. The minimum atomic E-state index is -0.260. The van der Waals surface area contributed by atoms with Crippen LogP contribution in [-0.4, -0.2) is 18.0 Å². The maximum atomic E-state index is 12.9. The minimum Gasteiger partial charge on any atom is -0.497 e.